The summed E-state index contributed by atoms with van der Waals surface area (Å²) < 4.78 is 30.3. The number of carbonyl (C=O) groups excluding carboxylic acids is 1. The average Bonchev–Trinajstić information content (AvgIpc) is 2.63. The van der Waals surface area contributed by atoms with Crippen molar-refractivity contribution in [1.82, 2.24) is 5.32 Å². The highest BCUT2D eigenvalue weighted by Crippen LogP contribution is 2.13. The summed E-state index contributed by atoms with van der Waals surface area (Å²) in [6, 6.07) is -1.62. The molecule has 1 atom stereocenters. The average molecular weight is 436 g/mol. The van der Waals surface area contributed by atoms with E-state index in [9.17, 15) is 18.0 Å². The summed E-state index contributed by atoms with van der Waals surface area (Å²) in [7, 11) is -4.46. The number of carbonyl (C=O) groups is 2. The standard InChI is InChI=1S/C21H41NO6S/c1-2-3-4-5-6-7-8-9-10-11-12-13-14-15-16-17-20(23)22-19(21(24)25)18-29(26,27)28/h19H,2-18H2,1H3,(H,22,23)(H,24,25)(H,26,27,28)/t19-/m0/s1. The minimum atomic E-state index is -4.46. The molecule has 7 nitrogen and oxygen atoms in total. The van der Waals surface area contributed by atoms with E-state index in [0.29, 0.717) is 6.42 Å². The molecular weight excluding hydrogens is 394 g/mol. The lowest BCUT2D eigenvalue weighted by Gasteiger charge is -2.12. The van der Waals surface area contributed by atoms with Crippen LogP contribution in [0.15, 0.2) is 0 Å². The van der Waals surface area contributed by atoms with Crippen LogP contribution in [0.5, 0.6) is 0 Å². The molecule has 0 bridgehead atoms. The second kappa shape index (κ2) is 17.7. The summed E-state index contributed by atoms with van der Waals surface area (Å²) >= 11 is 0. The van der Waals surface area contributed by atoms with Crippen molar-refractivity contribution in [3.05, 3.63) is 0 Å². The predicted octanol–water partition coefficient (Wildman–Crippen LogP) is 4.71. The number of rotatable bonds is 20. The number of hydrogen-bond donors (Lipinski definition) is 3. The Labute approximate surface area is 176 Å². The molecule has 0 aliphatic rings. The normalized spacial score (nSPS) is 12.6. The number of hydrogen-bond acceptors (Lipinski definition) is 4. The lowest BCUT2D eigenvalue weighted by molar-refractivity contribution is -0.141. The Morgan fingerprint density at radius 3 is 1.48 bits per heavy atom. The van der Waals surface area contributed by atoms with Crippen LogP contribution in [0.4, 0.5) is 0 Å². The van der Waals surface area contributed by atoms with Crippen LogP contribution in [0, 0.1) is 0 Å². The van der Waals surface area contributed by atoms with Gasteiger partial charge in [-0.1, -0.05) is 96.8 Å². The summed E-state index contributed by atoms with van der Waals surface area (Å²) in [4.78, 5) is 22.7. The van der Waals surface area contributed by atoms with E-state index in [0.717, 1.165) is 19.3 Å². The van der Waals surface area contributed by atoms with Gasteiger partial charge in [0.25, 0.3) is 10.1 Å². The zero-order valence-corrected chi connectivity index (χ0v) is 18.9. The fraction of sp³-hybridized carbons (Fsp3) is 0.905. The Morgan fingerprint density at radius 2 is 1.14 bits per heavy atom. The topological polar surface area (TPSA) is 121 Å². The van der Waals surface area contributed by atoms with Crippen molar-refractivity contribution >= 4 is 22.0 Å². The number of carboxylic acids is 1. The van der Waals surface area contributed by atoms with Crippen LogP contribution in [0.25, 0.3) is 0 Å². The smallest absolute Gasteiger partial charge is 0.327 e. The molecule has 0 aliphatic carbocycles. The summed E-state index contributed by atoms with van der Waals surface area (Å²) in [6.45, 7) is 2.24. The third-order valence-corrected chi connectivity index (χ3v) is 5.77. The molecule has 0 aromatic carbocycles. The molecule has 0 saturated carbocycles. The maximum absolute atomic E-state index is 11.7. The monoisotopic (exact) mass is 435 g/mol. The third kappa shape index (κ3) is 19.9. The number of amides is 1. The Balaban J connectivity index is 3.51. The van der Waals surface area contributed by atoms with E-state index in [1.807, 2.05) is 0 Å². The first-order valence-electron chi connectivity index (χ1n) is 11.2. The molecule has 0 saturated heterocycles. The molecule has 172 valence electrons. The molecule has 0 fully saturated rings. The van der Waals surface area contributed by atoms with Crippen molar-refractivity contribution in [1.29, 1.82) is 0 Å². The van der Waals surface area contributed by atoms with Gasteiger partial charge in [-0.25, -0.2) is 4.79 Å². The summed E-state index contributed by atoms with van der Waals surface area (Å²) in [5.41, 5.74) is 0. The Bertz CT molecular complexity index is 535. The molecule has 0 aliphatic heterocycles. The fourth-order valence-electron chi connectivity index (χ4n) is 3.31. The van der Waals surface area contributed by atoms with Crippen molar-refractivity contribution in [3.8, 4) is 0 Å². The van der Waals surface area contributed by atoms with Crippen molar-refractivity contribution in [2.45, 2.75) is 116 Å². The van der Waals surface area contributed by atoms with E-state index in [4.69, 9.17) is 9.66 Å². The fourth-order valence-corrected chi connectivity index (χ4v) is 3.96. The van der Waals surface area contributed by atoms with E-state index in [1.54, 1.807) is 0 Å². The first-order chi connectivity index (χ1) is 13.8. The Morgan fingerprint density at radius 1 is 0.759 bits per heavy atom. The van der Waals surface area contributed by atoms with Crippen LogP contribution in [0.1, 0.15) is 110 Å². The van der Waals surface area contributed by atoms with Gasteiger partial charge in [0.15, 0.2) is 0 Å². The molecule has 0 aromatic rings. The predicted molar refractivity (Wildman–Crippen MR) is 116 cm³/mol. The van der Waals surface area contributed by atoms with Crippen molar-refractivity contribution in [2.75, 3.05) is 5.75 Å². The van der Waals surface area contributed by atoms with Gasteiger partial charge in [-0.2, -0.15) is 8.42 Å². The Kier molecular flexibility index (Phi) is 17.0. The zero-order valence-electron chi connectivity index (χ0n) is 18.0. The molecule has 0 rings (SSSR count). The van der Waals surface area contributed by atoms with Gasteiger partial charge >= 0.3 is 5.97 Å². The van der Waals surface area contributed by atoms with Crippen LogP contribution < -0.4 is 5.32 Å². The second-order valence-electron chi connectivity index (χ2n) is 7.91. The summed E-state index contributed by atoms with van der Waals surface area (Å²) in [6.07, 6.45) is 18.4. The maximum Gasteiger partial charge on any atom is 0.327 e. The van der Waals surface area contributed by atoms with Gasteiger partial charge in [0, 0.05) is 6.42 Å². The van der Waals surface area contributed by atoms with E-state index >= 15 is 0 Å². The number of carboxylic acid groups (broad SMARTS) is 1. The van der Waals surface area contributed by atoms with Crippen molar-refractivity contribution in [2.24, 2.45) is 0 Å². The molecule has 0 spiro atoms. The minimum Gasteiger partial charge on any atom is -0.480 e. The summed E-state index contributed by atoms with van der Waals surface area (Å²) in [5, 5.41) is 11.0. The zero-order chi connectivity index (χ0) is 22.0. The molecule has 29 heavy (non-hydrogen) atoms. The van der Waals surface area contributed by atoms with E-state index < -0.39 is 33.8 Å². The van der Waals surface area contributed by atoms with Crippen LogP contribution >= 0.6 is 0 Å². The molecular formula is C21H41NO6S. The molecule has 0 heterocycles. The Hall–Kier alpha value is -1.15. The largest absolute Gasteiger partial charge is 0.480 e. The van der Waals surface area contributed by atoms with Crippen molar-refractivity contribution < 1.29 is 27.7 Å². The molecule has 0 aromatic heterocycles. The van der Waals surface area contributed by atoms with Crippen molar-refractivity contribution in [3.63, 3.8) is 0 Å². The lowest BCUT2D eigenvalue weighted by Crippen LogP contribution is -2.45. The van der Waals surface area contributed by atoms with Crippen LogP contribution in [0.2, 0.25) is 0 Å². The van der Waals surface area contributed by atoms with Gasteiger partial charge in [-0.3, -0.25) is 9.35 Å². The number of aliphatic carboxylic acids is 1. The van der Waals surface area contributed by atoms with Gasteiger partial charge in [0.1, 0.15) is 11.8 Å². The molecule has 0 radical (unpaired) electrons. The maximum atomic E-state index is 11.7. The van der Waals surface area contributed by atoms with Crippen LogP contribution in [-0.4, -0.2) is 41.7 Å². The van der Waals surface area contributed by atoms with E-state index in [-0.39, 0.29) is 6.42 Å². The molecule has 8 heteroatoms. The van der Waals surface area contributed by atoms with Gasteiger partial charge in [-0.05, 0) is 6.42 Å². The third-order valence-electron chi connectivity index (χ3n) is 5.02. The second-order valence-corrected chi connectivity index (χ2v) is 9.40. The van der Waals surface area contributed by atoms with Crippen LogP contribution in [0.3, 0.4) is 0 Å². The molecule has 1 amide bonds. The highest BCUT2D eigenvalue weighted by atomic mass is 32.2. The SMILES string of the molecule is CCCCCCCCCCCCCCCCCC(=O)N[C@@H](CS(=O)(=O)O)C(=O)O. The van der Waals surface area contributed by atoms with Gasteiger partial charge in [-0.15, -0.1) is 0 Å². The first-order valence-corrected chi connectivity index (χ1v) is 12.8. The van der Waals surface area contributed by atoms with Crippen LogP contribution in [-0.2, 0) is 19.7 Å². The highest BCUT2D eigenvalue weighted by molar-refractivity contribution is 7.85. The number of unbranched alkanes of at least 4 members (excludes halogenated alkanes) is 14. The van der Waals surface area contributed by atoms with Gasteiger partial charge in [0.05, 0.1) is 0 Å². The van der Waals surface area contributed by atoms with Gasteiger partial charge in [0.2, 0.25) is 5.91 Å². The molecule has 3 N–H and O–H groups in total. The summed E-state index contributed by atoms with van der Waals surface area (Å²) in [5.74, 6) is -3.00. The first kappa shape index (κ1) is 27.8. The van der Waals surface area contributed by atoms with E-state index in [1.165, 1.54) is 70.6 Å². The lowest BCUT2D eigenvalue weighted by atomic mass is 10.0. The highest BCUT2D eigenvalue weighted by Gasteiger charge is 2.25. The number of nitrogens with one attached hydrogen (secondary N) is 1. The van der Waals surface area contributed by atoms with Gasteiger partial charge < -0.3 is 10.4 Å². The molecule has 0 unspecified atom stereocenters. The quantitative estimate of drug-likeness (QED) is 0.188. The minimum absolute atomic E-state index is 0.160. The van der Waals surface area contributed by atoms with E-state index in [2.05, 4.69) is 12.2 Å².